The Hall–Kier alpha value is -1.77. The Morgan fingerprint density at radius 3 is 2.68 bits per heavy atom. The molecule has 0 bridgehead atoms. The van der Waals surface area contributed by atoms with Crippen molar-refractivity contribution in [1.29, 1.82) is 0 Å². The predicted molar refractivity (Wildman–Crippen MR) is 90.8 cm³/mol. The number of carbonyl (C=O) groups excluding carboxylic acids is 1. The van der Waals surface area contributed by atoms with Crippen LogP contribution in [0, 0.1) is 5.41 Å². The molecule has 0 atom stereocenters. The fraction of sp³-hybridized carbons (Fsp3) is 0.526. The van der Waals surface area contributed by atoms with Gasteiger partial charge in [-0.25, -0.2) is 0 Å². The van der Waals surface area contributed by atoms with Gasteiger partial charge in [0, 0.05) is 42.1 Å². The van der Waals surface area contributed by atoms with Gasteiger partial charge < -0.3 is 9.47 Å². The molecule has 0 fully saturated rings. The summed E-state index contributed by atoms with van der Waals surface area (Å²) in [6.07, 6.45) is 4.39. The fourth-order valence-corrected chi connectivity index (χ4v) is 3.45. The molecule has 0 unspecified atom stereocenters. The van der Waals surface area contributed by atoms with Crippen LogP contribution >= 0.6 is 0 Å². The third kappa shape index (κ3) is 2.53. The minimum atomic E-state index is -0.315. The highest BCUT2D eigenvalue weighted by Gasteiger charge is 2.29. The maximum absolute atomic E-state index is 12.7. The van der Waals surface area contributed by atoms with Crippen molar-refractivity contribution < 1.29 is 4.79 Å². The molecule has 3 heteroatoms. The van der Waals surface area contributed by atoms with Crippen LogP contribution in [0.5, 0.6) is 0 Å². The monoisotopic (exact) mass is 298 g/mol. The van der Waals surface area contributed by atoms with Gasteiger partial charge in [0.1, 0.15) is 0 Å². The number of hydrogen-bond donors (Lipinski definition) is 0. The lowest BCUT2D eigenvalue weighted by molar-refractivity contribution is -0.140. The number of carbonyl (C=O) groups is 1. The van der Waals surface area contributed by atoms with E-state index in [1.54, 1.807) is 0 Å². The summed E-state index contributed by atoms with van der Waals surface area (Å²) >= 11 is 0. The van der Waals surface area contributed by atoms with Crippen molar-refractivity contribution in [1.82, 2.24) is 9.47 Å². The zero-order valence-corrected chi connectivity index (χ0v) is 14.1. The van der Waals surface area contributed by atoms with Crippen LogP contribution in [-0.4, -0.2) is 21.9 Å². The van der Waals surface area contributed by atoms with Crippen LogP contribution in [0.1, 0.15) is 45.2 Å². The third-order valence-corrected chi connectivity index (χ3v) is 4.48. The van der Waals surface area contributed by atoms with Crippen LogP contribution in [-0.2, 0) is 24.3 Å². The second-order valence-corrected chi connectivity index (χ2v) is 7.39. The van der Waals surface area contributed by atoms with E-state index < -0.39 is 0 Å². The Labute approximate surface area is 132 Å². The maximum atomic E-state index is 12.7. The quantitative estimate of drug-likeness (QED) is 0.823. The van der Waals surface area contributed by atoms with Crippen molar-refractivity contribution in [2.45, 2.75) is 53.6 Å². The second-order valence-electron chi connectivity index (χ2n) is 7.39. The lowest BCUT2D eigenvalue weighted by Gasteiger charge is -2.28. The predicted octanol–water partition coefficient (Wildman–Crippen LogP) is 3.98. The molecule has 1 amide bonds. The van der Waals surface area contributed by atoms with E-state index in [0.717, 1.165) is 32.5 Å². The zero-order valence-electron chi connectivity index (χ0n) is 14.1. The molecule has 118 valence electrons. The molecule has 1 aromatic carbocycles. The Morgan fingerprint density at radius 1 is 1.23 bits per heavy atom. The number of aromatic nitrogens is 1. The Balaban J connectivity index is 2.02. The van der Waals surface area contributed by atoms with Crippen molar-refractivity contribution >= 4 is 16.8 Å². The lowest BCUT2D eigenvalue weighted by atomic mass is 9.94. The van der Waals surface area contributed by atoms with Gasteiger partial charge >= 0.3 is 0 Å². The molecular weight excluding hydrogens is 272 g/mol. The molecule has 22 heavy (non-hydrogen) atoms. The van der Waals surface area contributed by atoms with Crippen molar-refractivity contribution in [2.24, 2.45) is 5.41 Å². The first-order valence-electron chi connectivity index (χ1n) is 8.31. The van der Waals surface area contributed by atoms with Crippen LogP contribution in [0.2, 0.25) is 0 Å². The molecule has 1 aliphatic heterocycles. The van der Waals surface area contributed by atoms with E-state index in [1.165, 1.54) is 22.0 Å². The molecule has 0 N–H and O–H groups in total. The molecule has 1 aliphatic rings. The van der Waals surface area contributed by atoms with Gasteiger partial charge in [0.2, 0.25) is 5.91 Å². The first-order valence-corrected chi connectivity index (χ1v) is 8.31. The van der Waals surface area contributed by atoms with E-state index in [4.69, 9.17) is 0 Å². The molecule has 2 heterocycles. The zero-order chi connectivity index (χ0) is 15.9. The van der Waals surface area contributed by atoms with E-state index in [0.29, 0.717) is 0 Å². The van der Waals surface area contributed by atoms with Crippen molar-refractivity contribution in [3.63, 3.8) is 0 Å². The average molecular weight is 298 g/mol. The van der Waals surface area contributed by atoms with Gasteiger partial charge in [0.05, 0.1) is 0 Å². The summed E-state index contributed by atoms with van der Waals surface area (Å²) < 4.78 is 2.37. The average Bonchev–Trinajstić information content (AvgIpc) is 2.70. The number of aryl methyl sites for hydroxylation is 1. The Morgan fingerprint density at radius 2 is 2.00 bits per heavy atom. The minimum absolute atomic E-state index is 0.246. The number of nitrogens with zero attached hydrogens (tertiary/aromatic N) is 2. The Kier molecular flexibility index (Phi) is 3.75. The second kappa shape index (κ2) is 5.45. The summed E-state index contributed by atoms with van der Waals surface area (Å²) in [5.74, 6) is 0.246. The lowest BCUT2D eigenvalue weighted by Crippen LogP contribution is -2.39. The highest BCUT2D eigenvalue weighted by molar-refractivity contribution is 5.89. The van der Waals surface area contributed by atoms with E-state index in [9.17, 15) is 4.79 Å². The normalized spacial score (nSPS) is 15.2. The van der Waals surface area contributed by atoms with Crippen LogP contribution in [0.15, 0.2) is 24.4 Å². The number of amides is 1. The molecule has 0 saturated carbocycles. The molecule has 0 spiro atoms. The number of hydrogen-bond acceptors (Lipinski definition) is 1. The summed E-state index contributed by atoms with van der Waals surface area (Å²) in [4.78, 5) is 14.7. The van der Waals surface area contributed by atoms with Gasteiger partial charge in [0.25, 0.3) is 0 Å². The minimum Gasteiger partial charge on any atom is -0.347 e. The van der Waals surface area contributed by atoms with Crippen LogP contribution in [0.25, 0.3) is 10.9 Å². The third-order valence-electron chi connectivity index (χ3n) is 4.48. The summed E-state index contributed by atoms with van der Waals surface area (Å²) in [5, 5.41) is 1.38. The van der Waals surface area contributed by atoms with E-state index in [1.807, 2.05) is 25.7 Å². The van der Waals surface area contributed by atoms with Gasteiger partial charge in [-0.15, -0.1) is 0 Å². The van der Waals surface area contributed by atoms with Crippen LogP contribution in [0.4, 0.5) is 0 Å². The van der Waals surface area contributed by atoms with Crippen LogP contribution < -0.4 is 0 Å². The number of benzene rings is 1. The van der Waals surface area contributed by atoms with Crippen LogP contribution in [0.3, 0.4) is 0 Å². The van der Waals surface area contributed by atoms with Crippen molar-refractivity contribution in [3.8, 4) is 0 Å². The molecule has 0 radical (unpaired) electrons. The highest BCUT2D eigenvalue weighted by atomic mass is 16.2. The van der Waals surface area contributed by atoms with Gasteiger partial charge in [-0.05, 0) is 30.0 Å². The smallest absolute Gasteiger partial charge is 0.228 e. The molecule has 0 aliphatic carbocycles. The molecule has 1 aromatic heterocycles. The van der Waals surface area contributed by atoms with Gasteiger partial charge in [0.15, 0.2) is 0 Å². The Bertz CT molecular complexity index is 706. The number of rotatable bonds is 2. The summed E-state index contributed by atoms with van der Waals surface area (Å²) in [5.41, 5.74) is 3.68. The topological polar surface area (TPSA) is 25.2 Å². The largest absolute Gasteiger partial charge is 0.347 e. The highest BCUT2D eigenvalue weighted by Crippen LogP contribution is 2.31. The molecule has 0 saturated heterocycles. The van der Waals surface area contributed by atoms with Gasteiger partial charge in [-0.1, -0.05) is 39.8 Å². The van der Waals surface area contributed by atoms with Crippen molar-refractivity contribution in [2.75, 3.05) is 6.54 Å². The first kappa shape index (κ1) is 15.1. The molecular formula is C19H26N2O. The maximum Gasteiger partial charge on any atom is 0.228 e. The summed E-state index contributed by atoms with van der Waals surface area (Å²) in [7, 11) is 0. The first-order chi connectivity index (χ1) is 10.4. The molecule has 3 rings (SSSR count). The van der Waals surface area contributed by atoms with E-state index in [-0.39, 0.29) is 11.3 Å². The molecule has 3 nitrogen and oxygen atoms in total. The summed E-state index contributed by atoms with van der Waals surface area (Å²) in [6, 6.07) is 6.51. The van der Waals surface area contributed by atoms with Crippen molar-refractivity contribution in [3.05, 3.63) is 35.5 Å². The van der Waals surface area contributed by atoms with E-state index in [2.05, 4.69) is 35.9 Å². The van der Waals surface area contributed by atoms with Gasteiger partial charge in [-0.2, -0.15) is 0 Å². The van der Waals surface area contributed by atoms with Gasteiger partial charge in [-0.3, -0.25) is 4.79 Å². The standard InChI is InChI=1S/C19H26N2O/c1-5-10-20-12-15-9-11-21(18(22)19(2,3)4)13-14-7-6-8-16(20)17(14)15/h6-8,12H,5,9-11,13H2,1-4H3. The fourth-order valence-electron chi connectivity index (χ4n) is 3.45. The van der Waals surface area contributed by atoms with E-state index >= 15 is 0 Å². The SMILES string of the molecule is CCCn1cc2c3c(cccc31)CN(C(=O)C(C)(C)C)CC2. The molecule has 2 aromatic rings. The summed E-state index contributed by atoms with van der Waals surface area (Å²) in [6.45, 7) is 10.8.